The molecule has 0 aliphatic carbocycles. The van der Waals surface area contributed by atoms with Crippen LogP contribution in [0.5, 0.6) is 0 Å². The third-order valence-corrected chi connectivity index (χ3v) is 0.870. The second-order valence-corrected chi connectivity index (χ2v) is 1.84. The van der Waals surface area contributed by atoms with E-state index in [-0.39, 0.29) is 12.7 Å². The van der Waals surface area contributed by atoms with Gasteiger partial charge in [0.1, 0.15) is 0 Å². The van der Waals surface area contributed by atoms with Gasteiger partial charge in [0.15, 0.2) is 0 Å². The molecule has 0 saturated heterocycles. The number of rotatable bonds is 4. The number of unbranched alkanes of at least 4 members (excludes halogenated alkanes) is 1. The lowest BCUT2D eigenvalue weighted by Crippen LogP contribution is -2.00. The Balaban J connectivity index is 2.72. The molecule has 0 aromatic carbocycles. The number of aliphatic hydroxyl groups excluding tert-OH is 2. The maximum Gasteiger partial charge on any atom is 0.0543 e. The van der Waals surface area contributed by atoms with Gasteiger partial charge in [-0.15, -0.1) is 0 Å². The Kier molecular flexibility index (Phi) is 5.01. The van der Waals surface area contributed by atoms with Gasteiger partial charge in [-0.05, 0) is 26.2 Å². The van der Waals surface area contributed by atoms with Gasteiger partial charge >= 0.3 is 0 Å². The van der Waals surface area contributed by atoms with E-state index in [2.05, 4.69) is 0 Å². The summed E-state index contributed by atoms with van der Waals surface area (Å²) in [6.07, 6.45) is 3.00. The highest BCUT2D eigenvalue weighted by Crippen LogP contribution is 1.96. The average Bonchev–Trinajstić information content (AvgIpc) is 1.66. The summed E-state index contributed by atoms with van der Waals surface area (Å²) in [4.78, 5) is 0. The molecule has 0 fully saturated rings. The molecule has 2 N–H and O–H groups in total. The predicted molar refractivity (Wildman–Crippen MR) is 32.3 cm³/mol. The lowest BCUT2D eigenvalue weighted by molar-refractivity contribution is 0.217. The highest BCUT2D eigenvalue weighted by atomic mass is 16.3. The lowest BCUT2D eigenvalue weighted by atomic mass is 10.2. The molecule has 2 heteroatoms. The molecule has 0 spiro atoms. The van der Waals surface area contributed by atoms with Crippen LogP contribution < -0.4 is 0 Å². The molecule has 0 bridgehead atoms. The van der Waals surface area contributed by atoms with Crippen molar-refractivity contribution in [2.45, 2.75) is 25.9 Å². The van der Waals surface area contributed by atoms with Gasteiger partial charge in [-0.25, -0.2) is 0 Å². The molecule has 0 aliphatic heterocycles. The quantitative estimate of drug-likeness (QED) is 0.521. The normalized spacial score (nSPS) is 13.9. The highest BCUT2D eigenvalue weighted by molar-refractivity contribution is 4.69. The Morgan fingerprint density at radius 2 is 2.25 bits per heavy atom. The van der Waals surface area contributed by atoms with E-state index in [0.29, 0.717) is 0 Å². The van der Waals surface area contributed by atoms with Gasteiger partial charge < -0.3 is 10.2 Å². The maximum absolute atomic E-state index is 8.64. The second-order valence-electron chi connectivity index (χ2n) is 1.84. The van der Waals surface area contributed by atoms with E-state index in [0.717, 1.165) is 12.8 Å². The summed E-state index contributed by atoms with van der Waals surface area (Å²) in [6.45, 7) is 1.92. The van der Waals surface area contributed by atoms with E-state index in [1.807, 2.05) is 0 Å². The van der Waals surface area contributed by atoms with Gasteiger partial charge in [0.2, 0.25) is 0 Å². The minimum absolute atomic E-state index is 0.212. The molecule has 1 atom stereocenters. The summed E-state index contributed by atoms with van der Waals surface area (Å²) in [5.41, 5.74) is 0. The molecule has 0 aromatic rings. The minimum Gasteiger partial charge on any atom is -0.396 e. The third kappa shape index (κ3) is 5.92. The fourth-order valence-corrected chi connectivity index (χ4v) is 0.450. The zero-order valence-electron chi connectivity index (χ0n) is 5.17. The first kappa shape index (κ1) is 7.92. The van der Waals surface area contributed by atoms with Crippen LogP contribution in [0.3, 0.4) is 0 Å². The summed E-state index contributed by atoms with van der Waals surface area (Å²) in [5, 5.41) is 16.9. The second kappa shape index (κ2) is 5.06. The molecule has 0 amide bonds. The smallest absolute Gasteiger partial charge is 0.0543 e. The van der Waals surface area contributed by atoms with Crippen molar-refractivity contribution in [3.8, 4) is 0 Å². The van der Waals surface area contributed by atoms with Gasteiger partial charge in [-0.1, -0.05) is 0 Å². The van der Waals surface area contributed by atoms with Gasteiger partial charge in [-0.3, -0.25) is 0 Å². The van der Waals surface area contributed by atoms with Crippen LogP contribution >= 0.6 is 0 Å². The van der Waals surface area contributed by atoms with E-state index in [1.165, 1.54) is 0 Å². The first-order valence-corrected chi connectivity index (χ1v) is 2.89. The largest absolute Gasteiger partial charge is 0.396 e. The molecule has 0 saturated carbocycles. The monoisotopic (exact) mass is 117 g/mol. The van der Waals surface area contributed by atoms with Gasteiger partial charge in [0, 0.05) is 6.61 Å². The Bertz CT molecular complexity index is 43.8. The Hall–Kier alpha value is -0.0800. The minimum atomic E-state index is -0.332. The summed E-state index contributed by atoms with van der Waals surface area (Å²) in [5.74, 6) is 0. The summed E-state index contributed by atoms with van der Waals surface area (Å²) in [7, 11) is 0. The van der Waals surface area contributed by atoms with Crippen molar-refractivity contribution < 1.29 is 10.2 Å². The molecule has 2 nitrogen and oxygen atoms in total. The zero-order chi connectivity index (χ0) is 6.41. The van der Waals surface area contributed by atoms with Crippen molar-refractivity contribution in [3.63, 3.8) is 0 Å². The van der Waals surface area contributed by atoms with Gasteiger partial charge in [0.25, 0.3) is 0 Å². The molecule has 1 radical (unpaired) electrons. The van der Waals surface area contributed by atoms with E-state index < -0.39 is 0 Å². The summed E-state index contributed by atoms with van der Waals surface area (Å²) >= 11 is 0. The van der Waals surface area contributed by atoms with Crippen LogP contribution in [0.25, 0.3) is 0 Å². The fourth-order valence-electron chi connectivity index (χ4n) is 0.450. The van der Waals surface area contributed by atoms with Crippen molar-refractivity contribution in [1.29, 1.82) is 0 Å². The lowest BCUT2D eigenvalue weighted by Gasteiger charge is -1.99. The number of hydrogen-bond acceptors (Lipinski definition) is 2. The first-order valence-electron chi connectivity index (χ1n) is 2.89. The van der Waals surface area contributed by atoms with Crippen LogP contribution in [-0.4, -0.2) is 22.9 Å². The average molecular weight is 117 g/mol. The third-order valence-electron chi connectivity index (χ3n) is 0.870. The van der Waals surface area contributed by atoms with Crippen LogP contribution in [0.1, 0.15) is 19.8 Å². The zero-order valence-corrected chi connectivity index (χ0v) is 5.17. The van der Waals surface area contributed by atoms with Crippen LogP contribution in [-0.2, 0) is 0 Å². The van der Waals surface area contributed by atoms with Crippen molar-refractivity contribution in [2.24, 2.45) is 0 Å². The van der Waals surface area contributed by atoms with Crippen LogP contribution in [0.15, 0.2) is 0 Å². The molecular weight excluding hydrogens is 104 g/mol. The summed E-state index contributed by atoms with van der Waals surface area (Å²) < 4.78 is 0. The molecular formula is C6H13O2. The molecule has 0 aliphatic rings. The number of aliphatic hydroxyl groups is 2. The predicted octanol–water partition coefficient (Wildman–Crippen LogP) is 0.344. The van der Waals surface area contributed by atoms with Gasteiger partial charge in [0.05, 0.1) is 6.10 Å². The van der Waals surface area contributed by atoms with E-state index in [9.17, 15) is 0 Å². The van der Waals surface area contributed by atoms with Crippen LogP contribution in [0.2, 0.25) is 0 Å². The molecule has 1 unspecified atom stereocenters. The molecule has 0 aromatic heterocycles. The number of hydrogen-bond donors (Lipinski definition) is 2. The van der Waals surface area contributed by atoms with Crippen molar-refractivity contribution in [1.82, 2.24) is 0 Å². The van der Waals surface area contributed by atoms with Crippen molar-refractivity contribution >= 4 is 0 Å². The van der Waals surface area contributed by atoms with Crippen molar-refractivity contribution in [3.05, 3.63) is 6.42 Å². The standard InChI is InChI=1S/C6H13O2/c1-6(8)4-2-3-5-7/h4,6-8H,2-3,5H2,1H3. The fraction of sp³-hybridized carbons (Fsp3) is 0.833. The van der Waals surface area contributed by atoms with E-state index in [1.54, 1.807) is 13.3 Å². The molecule has 0 heterocycles. The maximum atomic E-state index is 8.64. The molecule has 49 valence electrons. The van der Waals surface area contributed by atoms with Crippen LogP contribution in [0.4, 0.5) is 0 Å². The van der Waals surface area contributed by atoms with Crippen molar-refractivity contribution in [2.75, 3.05) is 6.61 Å². The van der Waals surface area contributed by atoms with E-state index >= 15 is 0 Å². The highest BCUT2D eigenvalue weighted by Gasteiger charge is 1.93. The summed E-state index contributed by atoms with van der Waals surface area (Å²) in [6, 6.07) is 0. The van der Waals surface area contributed by atoms with E-state index in [4.69, 9.17) is 10.2 Å². The SMILES string of the molecule is CC(O)[CH]CCCO. The van der Waals surface area contributed by atoms with Gasteiger partial charge in [-0.2, -0.15) is 0 Å². The first-order chi connectivity index (χ1) is 3.77. The Morgan fingerprint density at radius 3 is 2.62 bits per heavy atom. The topological polar surface area (TPSA) is 40.5 Å². The molecule has 0 rings (SSSR count). The van der Waals surface area contributed by atoms with Crippen LogP contribution in [0, 0.1) is 6.42 Å². The Labute approximate surface area is 50.2 Å². The molecule has 8 heavy (non-hydrogen) atoms. The Morgan fingerprint density at radius 1 is 1.62 bits per heavy atom.